The summed E-state index contributed by atoms with van der Waals surface area (Å²) in [4.78, 5) is 0. The van der Waals surface area contributed by atoms with E-state index in [2.05, 4.69) is 63.6 Å². The van der Waals surface area contributed by atoms with Crippen molar-refractivity contribution in [2.75, 3.05) is 6.54 Å². The lowest BCUT2D eigenvalue weighted by molar-refractivity contribution is 0.675. The minimum atomic E-state index is 0.789. The van der Waals surface area contributed by atoms with Gasteiger partial charge in [-0.2, -0.15) is 0 Å². The van der Waals surface area contributed by atoms with Gasteiger partial charge < -0.3 is 5.32 Å². The molecule has 5 heteroatoms. The Bertz CT molecular complexity index is 543. The van der Waals surface area contributed by atoms with Crippen LogP contribution in [0.5, 0.6) is 0 Å². The monoisotopic (exact) mass is 322 g/mol. The van der Waals surface area contributed by atoms with Gasteiger partial charge in [-0.15, -0.1) is 5.10 Å². The van der Waals surface area contributed by atoms with Crippen molar-refractivity contribution in [3.63, 3.8) is 0 Å². The maximum Gasteiger partial charge on any atom is 0.156 e. The van der Waals surface area contributed by atoms with Crippen LogP contribution in [0.25, 0.3) is 11.3 Å². The van der Waals surface area contributed by atoms with Crippen LogP contribution in [-0.4, -0.2) is 21.5 Å². The van der Waals surface area contributed by atoms with E-state index in [0.29, 0.717) is 0 Å². The van der Waals surface area contributed by atoms with Gasteiger partial charge in [0.15, 0.2) is 4.60 Å². The van der Waals surface area contributed by atoms with Crippen molar-refractivity contribution in [3.05, 3.63) is 33.9 Å². The minimum absolute atomic E-state index is 0.789. The normalized spacial score (nSPS) is 10.9. The van der Waals surface area contributed by atoms with Crippen LogP contribution in [0.3, 0.4) is 0 Å². The Hall–Kier alpha value is -1.20. The highest BCUT2D eigenvalue weighted by molar-refractivity contribution is 9.10. The minimum Gasteiger partial charge on any atom is -0.313 e. The number of nitrogens with one attached hydrogen (secondary N) is 1. The zero-order valence-electron chi connectivity index (χ0n) is 11.6. The molecule has 0 aliphatic heterocycles. The van der Waals surface area contributed by atoms with Crippen LogP contribution in [0.1, 0.15) is 24.5 Å². The van der Waals surface area contributed by atoms with Crippen molar-refractivity contribution in [3.8, 4) is 11.3 Å². The topological polar surface area (TPSA) is 42.7 Å². The van der Waals surface area contributed by atoms with E-state index in [1.165, 1.54) is 16.7 Å². The molecule has 0 radical (unpaired) electrons. The Morgan fingerprint density at radius 1 is 1.37 bits per heavy atom. The molecule has 0 saturated heterocycles. The molecule has 1 aromatic heterocycles. The van der Waals surface area contributed by atoms with Gasteiger partial charge in [-0.25, -0.2) is 4.68 Å². The second-order valence-corrected chi connectivity index (χ2v) is 5.43. The molecule has 0 atom stereocenters. The molecule has 0 spiro atoms. The van der Waals surface area contributed by atoms with Gasteiger partial charge in [0, 0.05) is 19.2 Å². The summed E-state index contributed by atoms with van der Waals surface area (Å²) in [6.07, 6.45) is 1.15. The lowest BCUT2D eigenvalue weighted by atomic mass is 10.0. The van der Waals surface area contributed by atoms with Crippen molar-refractivity contribution in [2.24, 2.45) is 7.05 Å². The number of hydrogen-bond donors (Lipinski definition) is 1. The fraction of sp³-hybridized carbons (Fsp3) is 0.429. The zero-order valence-corrected chi connectivity index (χ0v) is 13.2. The molecule has 0 aliphatic carbocycles. The smallest absolute Gasteiger partial charge is 0.156 e. The molecule has 0 unspecified atom stereocenters. The number of nitrogens with zero attached hydrogens (tertiary/aromatic N) is 3. The summed E-state index contributed by atoms with van der Waals surface area (Å²) < 4.78 is 2.59. The predicted octanol–water partition coefficient (Wildman–Crippen LogP) is 3.05. The third-order valence-corrected chi connectivity index (χ3v) is 3.63. The summed E-state index contributed by atoms with van der Waals surface area (Å²) in [6, 6.07) is 6.53. The molecule has 1 N–H and O–H groups in total. The predicted molar refractivity (Wildman–Crippen MR) is 80.9 cm³/mol. The number of hydrogen-bond acceptors (Lipinski definition) is 3. The second kappa shape index (κ2) is 6.30. The largest absolute Gasteiger partial charge is 0.313 e. The van der Waals surface area contributed by atoms with E-state index >= 15 is 0 Å². The Kier molecular flexibility index (Phi) is 4.71. The van der Waals surface area contributed by atoms with Crippen molar-refractivity contribution in [1.29, 1.82) is 0 Å². The van der Waals surface area contributed by atoms with Crippen molar-refractivity contribution < 1.29 is 0 Å². The standard InChI is InChI=1S/C14H19BrN4/c1-4-7-16-9-11-6-5-10(2)12(8-11)13-14(15)17-18-19(13)3/h5-6,8,16H,4,7,9H2,1-3H3. The van der Waals surface area contributed by atoms with Gasteiger partial charge >= 0.3 is 0 Å². The average molecular weight is 323 g/mol. The molecule has 0 amide bonds. The number of halogens is 1. The molecule has 2 rings (SSSR count). The highest BCUT2D eigenvalue weighted by atomic mass is 79.9. The molecule has 0 bridgehead atoms. The van der Waals surface area contributed by atoms with Crippen LogP contribution < -0.4 is 5.32 Å². The molecular formula is C14H19BrN4. The van der Waals surface area contributed by atoms with Crippen molar-refractivity contribution in [1.82, 2.24) is 20.3 Å². The van der Waals surface area contributed by atoms with Crippen LogP contribution in [0, 0.1) is 6.92 Å². The lowest BCUT2D eigenvalue weighted by Gasteiger charge is -2.10. The quantitative estimate of drug-likeness (QED) is 0.860. The molecule has 1 heterocycles. The highest BCUT2D eigenvalue weighted by Crippen LogP contribution is 2.29. The van der Waals surface area contributed by atoms with Gasteiger partial charge in [0.1, 0.15) is 5.69 Å². The second-order valence-electron chi connectivity index (χ2n) is 4.68. The first kappa shape index (κ1) is 14.2. The van der Waals surface area contributed by atoms with Crippen LogP contribution in [0.4, 0.5) is 0 Å². The first-order chi connectivity index (χ1) is 9.13. The number of benzene rings is 1. The van der Waals surface area contributed by atoms with Crippen LogP contribution in [0.2, 0.25) is 0 Å². The molecular weight excluding hydrogens is 304 g/mol. The number of aryl methyl sites for hydroxylation is 2. The van der Waals surface area contributed by atoms with E-state index < -0.39 is 0 Å². The summed E-state index contributed by atoms with van der Waals surface area (Å²) in [7, 11) is 1.91. The summed E-state index contributed by atoms with van der Waals surface area (Å²) in [5, 5.41) is 11.5. The lowest BCUT2D eigenvalue weighted by Crippen LogP contribution is -2.13. The molecule has 0 fully saturated rings. The fourth-order valence-corrected chi connectivity index (χ4v) is 2.60. The number of rotatable bonds is 5. The van der Waals surface area contributed by atoms with E-state index in [1.54, 1.807) is 4.68 Å². The third-order valence-electron chi connectivity index (χ3n) is 3.10. The van der Waals surface area contributed by atoms with E-state index in [0.717, 1.165) is 29.8 Å². The molecule has 0 aliphatic rings. The third kappa shape index (κ3) is 3.22. The average Bonchev–Trinajstić information content (AvgIpc) is 2.72. The fourth-order valence-electron chi connectivity index (χ4n) is 2.06. The van der Waals surface area contributed by atoms with Crippen LogP contribution in [-0.2, 0) is 13.6 Å². The highest BCUT2D eigenvalue weighted by Gasteiger charge is 2.13. The van der Waals surface area contributed by atoms with Crippen molar-refractivity contribution in [2.45, 2.75) is 26.8 Å². The van der Waals surface area contributed by atoms with Gasteiger partial charge in [-0.05, 0) is 53.0 Å². The SMILES string of the molecule is CCCNCc1ccc(C)c(-c2c(Br)nnn2C)c1. The Morgan fingerprint density at radius 3 is 2.79 bits per heavy atom. The first-order valence-corrected chi connectivity index (χ1v) is 7.28. The maximum absolute atomic E-state index is 4.05. The van der Waals surface area contributed by atoms with Gasteiger partial charge in [-0.1, -0.05) is 24.3 Å². The van der Waals surface area contributed by atoms with E-state index in [1.807, 2.05) is 7.05 Å². The van der Waals surface area contributed by atoms with Gasteiger partial charge in [0.2, 0.25) is 0 Å². The molecule has 102 valence electrons. The summed E-state index contributed by atoms with van der Waals surface area (Å²) in [5.74, 6) is 0. The molecule has 19 heavy (non-hydrogen) atoms. The van der Waals surface area contributed by atoms with Crippen LogP contribution >= 0.6 is 15.9 Å². The van der Waals surface area contributed by atoms with E-state index in [4.69, 9.17) is 0 Å². The van der Waals surface area contributed by atoms with Crippen LogP contribution in [0.15, 0.2) is 22.8 Å². The molecule has 2 aromatic rings. The van der Waals surface area contributed by atoms with E-state index in [9.17, 15) is 0 Å². The van der Waals surface area contributed by atoms with Gasteiger partial charge in [0.05, 0.1) is 0 Å². The van der Waals surface area contributed by atoms with Crippen molar-refractivity contribution >= 4 is 15.9 Å². The molecule has 1 aromatic carbocycles. The maximum atomic E-state index is 4.05. The molecule has 0 saturated carbocycles. The number of aromatic nitrogens is 3. The van der Waals surface area contributed by atoms with E-state index in [-0.39, 0.29) is 0 Å². The zero-order chi connectivity index (χ0) is 13.8. The van der Waals surface area contributed by atoms with Gasteiger partial charge in [-0.3, -0.25) is 0 Å². The Labute approximate surface area is 122 Å². The van der Waals surface area contributed by atoms with Gasteiger partial charge in [0.25, 0.3) is 0 Å². The first-order valence-electron chi connectivity index (χ1n) is 6.49. The Morgan fingerprint density at radius 2 is 2.16 bits per heavy atom. The summed E-state index contributed by atoms with van der Waals surface area (Å²) in [5.41, 5.74) is 4.71. The molecule has 4 nitrogen and oxygen atoms in total. The summed E-state index contributed by atoms with van der Waals surface area (Å²) >= 11 is 3.47. The Balaban J connectivity index is 2.32. The summed E-state index contributed by atoms with van der Waals surface area (Å²) in [6.45, 7) is 6.22.